The van der Waals surface area contributed by atoms with E-state index in [0.29, 0.717) is 0 Å². The minimum atomic E-state index is -1.48. The molecule has 0 saturated carbocycles. The van der Waals surface area contributed by atoms with Crippen molar-refractivity contribution in [3.05, 3.63) is 29.6 Å². The minimum absolute atomic E-state index is 0.121. The van der Waals surface area contributed by atoms with E-state index in [1.807, 2.05) is 5.32 Å². The highest BCUT2D eigenvalue weighted by Gasteiger charge is 2.24. The van der Waals surface area contributed by atoms with Crippen LogP contribution in [0.4, 0.5) is 14.9 Å². The van der Waals surface area contributed by atoms with Crippen molar-refractivity contribution in [2.75, 3.05) is 5.32 Å². The summed E-state index contributed by atoms with van der Waals surface area (Å²) in [5.74, 6) is -2.13. The first-order valence-electron chi connectivity index (χ1n) is 5.53. The predicted molar refractivity (Wildman–Crippen MR) is 66.4 cm³/mol. The standard InChI is InChI=1S/C12H12FN3O4/c1-6(17)10(11(18)19)16-12(20)15-8-2-3-9(13)7(4-8)5-14/h2-4,6,10,17H,1H3,(H,18,19)(H2,15,16,20)/t6-,10+/m1/s1. The van der Waals surface area contributed by atoms with E-state index in [4.69, 9.17) is 10.4 Å². The molecular weight excluding hydrogens is 269 g/mol. The first kappa shape index (κ1) is 15.4. The summed E-state index contributed by atoms with van der Waals surface area (Å²) in [6.45, 7) is 1.21. The van der Waals surface area contributed by atoms with Crippen molar-refractivity contribution in [1.29, 1.82) is 5.26 Å². The third kappa shape index (κ3) is 3.93. The number of nitriles is 1. The number of halogens is 1. The number of urea groups is 1. The van der Waals surface area contributed by atoms with E-state index in [2.05, 4.69) is 5.32 Å². The summed E-state index contributed by atoms with van der Waals surface area (Å²) in [5.41, 5.74) is -0.136. The molecule has 0 heterocycles. The number of aliphatic hydroxyl groups excluding tert-OH is 1. The lowest BCUT2D eigenvalue weighted by molar-refractivity contribution is -0.141. The van der Waals surface area contributed by atoms with E-state index in [1.165, 1.54) is 13.0 Å². The zero-order chi connectivity index (χ0) is 15.3. The number of rotatable bonds is 4. The molecule has 2 amide bonds. The Morgan fingerprint density at radius 3 is 2.60 bits per heavy atom. The summed E-state index contributed by atoms with van der Waals surface area (Å²) >= 11 is 0. The Morgan fingerprint density at radius 2 is 2.10 bits per heavy atom. The van der Waals surface area contributed by atoms with Gasteiger partial charge in [-0.1, -0.05) is 0 Å². The lowest BCUT2D eigenvalue weighted by atomic mass is 10.2. The monoisotopic (exact) mass is 281 g/mol. The average Bonchev–Trinajstić information content (AvgIpc) is 2.37. The topological polar surface area (TPSA) is 122 Å². The van der Waals surface area contributed by atoms with Crippen molar-refractivity contribution in [3.8, 4) is 6.07 Å². The van der Waals surface area contributed by atoms with Crippen LogP contribution in [0.3, 0.4) is 0 Å². The Balaban J connectivity index is 2.76. The minimum Gasteiger partial charge on any atom is -0.480 e. The van der Waals surface area contributed by atoms with Gasteiger partial charge < -0.3 is 20.8 Å². The largest absolute Gasteiger partial charge is 0.480 e. The molecule has 8 heteroatoms. The second kappa shape index (κ2) is 6.49. The molecule has 4 N–H and O–H groups in total. The predicted octanol–water partition coefficient (Wildman–Crippen LogP) is 0.653. The number of carboxylic acids is 1. The molecule has 0 unspecified atom stereocenters. The van der Waals surface area contributed by atoms with Gasteiger partial charge in [0.2, 0.25) is 0 Å². The van der Waals surface area contributed by atoms with Crippen molar-refractivity contribution >= 4 is 17.7 Å². The lowest BCUT2D eigenvalue weighted by Crippen LogP contribution is -2.49. The van der Waals surface area contributed by atoms with Gasteiger partial charge in [-0.05, 0) is 25.1 Å². The molecule has 2 atom stereocenters. The molecule has 0 saturated heterocycles. The maximum absolute atomic E-state index is 13.1. The van der Waals surface area contributed by atoms with E-state index in [-0.39, 0.29) is 11.3 Å². The Bertz CT molecular complexity index is 568. The van der Waals surface area contributed by atoms with Crippen molar-refractivity contribution in [1.82, 2.24) is 5.32 Å². The Morgan fingerprint density at radius 1 is 1.45 bits per heavy atom. The number of aliphatic hydroxyl groups is 1. The Kier molecular flexibility index (Phi) is 5.00. The van der Waals surface area contributed by atoms with E-state index < -0.39 is 30.0 Å². The number of nitrogens with one attached hydrogen (secondary N) is 2. The summed E-state index contributed by atoms with van der Waals surface area (Å²) in [5, 5.41) is 30.9. The summed E-state index contributed by atoms with van der Waals surface area (Å²) < 4.78 is 13.1. The van der Waals surface area contributed by atoms with Crippen LogP contribution >= 0.6 is 0 Å². The molecule has 0 bridgehead atoms. The molecule has 1 aromatic rings. The van der Waals surface area contributed by atoms with E-state index in [1.54, 1.807) is 6.07 Å². The molecule has 20 heavy (non-hydrogen) atoms. The molecule has 0 radical (unpaired) electrons. The number of benzene rings is 1. The van der Waals surface area contributed by atoms with Crippen LogP contribution in [-0.2, 0) is 4.79 Å². The number of anilines is 1. The van der Waals surface area contributed by atoms with Crippen LogP contribution in [0.1, 0.15) is 12.5 Å². The highest BCUT2D eigenvalue weighted by molar-refractivity contribution is 5.92. The van der Waals surface area contributed by atoms with Crippen LogP contribution in [0.15, 0.2) is 18.2 Å². The van der Waals surface area contributed by atoms with Gasteiger partial charge in [-0.15, -0.1) is 0 Å². The van der Waals surface area contributed by atoms with E-state index >= 15 is 0 Å². The molecular formula is C12H12FN3O4. The molecule has 0 aliphatic carbocycles. The maximum Gasteiger partial charge on any atom is 0.328 e. The number of amides is 2. The van der Waals surface area contributed by atoms with Gasteiger partial charge in [0.15, 0.2) is 6.04 Å². The van der Waals surface area contributed by atoms with Crippen LogP contribution in [0.2, 0.25) is 0 Å². The summed E-state index contributed by atoms with van der Waals surface area (Å²) in [6, 6.07) is 2.55. The van der Waals surface area contributed by atoms with Crippen LogP contribution in [-0.4, -0.2) is 34.4 Å². The normalized spacial score (nSPS) is 12.9. The lowest BCUT2D eigenvalue weighted by Gasteiger charge is -2.17. The quantitative estimate of drug-likeness (QED) is 0.645. The molecule has 0 aliphatic heterocycles. The number of hydrogen-bond acceptors (Lipinski definition) is 4. The smallest absolute Gasteiger partial charge is 0.328 e. The third-order valence-electron chi connectivity index (χ3n) is 2.38. The van der Waals surface area contributed by atoms with Gasteiger partial charge in [-0.25, -0.2) is 14.0 Å². The van der Waals surface area contributed by atoms with E-state index in [0.717, 1.165) is 12.1 Å². The van der Waals surface area contributed by atoms with Gasteiger partial charge >= 0.3 is 12.0 Å². The van der Waals surface area contributed by atoms with Crippen molar-refractivity contribution in [2.24, 2.45) is 0 Å². The molecule has 0 fully saturated rings. The Hall–Kier alpha value is -2.66. The zero-order valence-electron chi connectivity index (χ0n) is 10.4. The molecule has 0 aliphatic rings. The second-order valence-corrected chi connectivity index (χ2v) is 3.96. The molecule has 106 valence electrons. The molecule has 1 aromatic carbocycles. The molecule has 0 aromatic heterocycles. The third-order valence-corrected chi connectivity index (χ3v) is 2.38. The van der Waals surface area contributed by atoms with Gasteiger partial charge in [0.05, 0.1) is 11.7 Å². The van der Waals surface area contributed by atoms with Gasteiger partial charge in [0.25, 0.3) is 0 Å². The van der Waals surface area contributed by atoms with E-state index in [9.17, 15) is 19.1 Å². The highest BCUT2D eigenvalue weighted by Crippen LogP contribution is 2.13. The number of nitrogens with zero attached hydrogens (tertiary/aromatic N) is 1. The van der Waals surface area contributed by atoms with Gasteiger partial charge in [-0.3, -0.25) is 0 Å². The summed E-state index contributed by atoms with van der Waals surface area (Å²) in [7, 11) is 0. The van der Waals surface area contributed by atoms with Gasteiger partial charge in [0, 0.05) is 5.69 Å². The fourth-order valence-corrected chi connectivity index (χ4v) is 1.39. The first-order valence-corrected chi connectivity index (χ1v) is 5.53. The highest BCUT2D eigenvalue weighted by atomic mass is 19.1. The maximum atomic E-state index is 13.1. The fourth-order valence-electron chi connectivity index (χ4n) is 1.39. The number of carbonyl (C=O) groups is 2. The Labute approximate surface area is 113 Å². The van der Waals surface area contributed by atoms with Crippen LogP contribution in [0.5, 0.6) is 0 Å². The zero-order valence-corrected chi connectivity index (χ0v) is 10.4. The molecule has 7 nitrogen and oxygen atoms in total. The number of aliphatic carboxylic acids is 1. The second-order valence-electron chi connectivity index (χ2n) is 3.96. The summed E-state index contributed by atoms with van der Waals surface area (Å²) in [6.07, 6.45) is -1.29. The SMILES string of the molecule is C[C@@H](O)[C@H](NC(=O)Nc1ccc(F)c(C#N)c1)C(=O)O. The number of carbonyl (C=O) groups excluding carboxylic acids is 1. The number of hydrogen-bond donors (Lipinski definition) is 4. The van der Waals surface area contributed by atoms with Gasteiger partial charge in [-0.2, -0.15) is 5.26 Å². The van der Waals surface area contributed by atoms with Crippen LogP contribution < -0.4 is 10.6 Å². The van der Waals surface area contributed by atoms with Gasteiger partial charge in [0.1, 0.15) is 11.9 Å². The van der Waals surface area contributed by atoms with Crippen molar-refractivity contribution in [2.45, 2.75) is 19.1 Å². The van der Waals surface area contributed by atoms with Crippen molar-refractivity contribution in [3.63, 3.8) is 0 Å². The van der Waals surface area contributed by atoms with Crippen LogP contribution in [0.25, 0.3) is 0 Å². The number of carboxylic acid groups (broad SMARTS) is 1. The molecule has 0 spiro atoms. The average molecular weight is 281 g/mol. The summed E-state index contributed by atoms with van der Waals surface area (Å²) in [4.78, 5) is 22.3. The van der Waals surface area contributed by atoms with Crippen LogP contribution in [0, 0.1) is 17.1 Å². The first-order chi connectivity index (χ1) is 9.35. The molecule has 1 rings (SSSR count). The fraction of sp³-hybridized carbons (Fsp3) is 0.250. The van der Waals surface area contributed by atoms with Crippen molar-refractivity contribution < 1.29 is 24.2 Å².